The molecule has 0 aliphatic carbocycles. The number of thiazole rings is 1. The second-order valence-electron chi connectivity index (χ2n) is 5.95. The molecule has 0 aliphatic rings. The van der Waals surface area contributed by atoms with E-state index in [2.05, 4.69) is 34.5 Å². The fraction of sp³-hybridized carbons (Fsp3) is 0.500. The molecule has 0 amide bonds. The molecule has 1 heterocycles. The maximum Gasteiger partial charge on any atom is 0.191 e. The third-order valence-corrected chi connectivity index (χ3v) is 4.98. The molecule has 0 fully saturated rings. The molecule has 0 unspecified atom stereocenters. The van der Waals surface area contributed by atoms with Crippen molar-refractivity contribution in [3.8, 4) is 5.75 Å². The van der Waals surface area contributed by atoms with E-state index in [1.54, 1.807) is 18.4 Å². The zero-order valence-corrected chi connectivity index (χ0v) is 20.0. The summed E-state index contributed by atoms with van der Waals surface area (Å²) in [5, 5.41) is 7.66. The fourth-order valence-corrected chi connectivity index (χ4v) is 3.15. The number of benzene rings is 1. The van der Waals surface area contributed by atoms with Crippen molar-refractivity contribution in [1.82, 2.24) is 15.6 Å². The van der Waals surface area contributed by atoms with Crippen LogP contribution in [0.5, 0.6) is 5.75 Å². The molecule has 6 nitrogen and oxygen atoms in total. The number of methoxy groups -OCH3 is 1. The summed E-state index contributed by atoms with van der Waals surface area (Å²) in [4.78, 5) is 10.3. The lowest BCUT2D eigenvalue weighted by atomic mass is 10.2. The fourth-order valence-electron chi connectivity index (χ4n) is 2.37. The van der Waals surface area contributed by atoms with Gasteiger partial charge in [0.15, 0.2) is 5.96 Å². The van der Waals surface area contributed by atoms with E-state index >= 15 is 0 Å². The number of halogens is 1. The molecule has 0 spiro atoms. The number of ether oxygens (including phenoxy) is 2. The quantitative estimate of drug-likeness (QED) is 0.204. The Labute approximate surface area is 189 Å². The number of hydrogen-bond acceptors (Lipinski definition) is 5. The number of aliphatic imine (C=N–C) groups is 1. The van der Waals surface area contributed by atoms with Gasteiger partial charge >= 0.3 is 0 Å². The number of rotatable bonds is 11. The highest BCUT2D eigenvalue weighted by Crippen LogP contribution is 2.14. The van der Waals surface area contributed by atoms with Gasteiger partial charge in [0, 0.05) is 30.8 Å². The summed E-state index contributed by atoms with van der Waals surface area (Å²) in [6.07, 6.45) is 3.88. The number of aryl methyl sites for hydroxylation is 1. The molecular weight excluding hydrogens is 487 g/mol. The Morgan fingerprint density at radius 3 is 2.61 bits per heavy atom. The van der Waals surface area contributed by atoms with Crippen LogP contribution in [-0.4, -0.2) is 37.7 Å². The van der Waals surface area contributed by atoms with Gasteiger partial charge in [0.1, 0.15) is 10.8 Å². The van der Waals surface area contributed by atoms with Crippen molar-refractivity contribution >= 4 is 41.3 Å². The van der Waals surface area contributed by atoms with Gasteiger partial charge in [-0.15, -0.1) is 35.3 Å². The molecule has 2 rings (SSSR count). The van der Waals surface area contributed by atoms with Gasteiger partial charge in [-0.3, -0.25) is 0 Å². The molecule has 0 aliphatic heterocycles. The van der Waals surface area contributed by atoms with Crippen molar-refractivity contribution in [2.24, 2.45) is 4.99 Å². The van der Waals surface area contributed by atoms with Crippen LogP contribution >= 0.6 is 35.3 Å². The molecule has 2 N–H and O–H groups in total. The molecule has 0 atom stereocenters. The second-order valence-corrected chi connectivity index (χ2v) is 7.15. The highest BCUT2D eigenvalue weighted by atomic mass is 127. The van der Waals surface area contributed by atoms with Crippen molar-refractivity contribution in [1.29, 1.82) is 0 Å². The predicted molar refractivity (Wildman–Crippen MR) is 127 cm³/mol. The second kappa shape index (κ2) is 14.6. The van der Waals surface area contributed by atoms with Gasteiger partial charge in [0.25, 0.3) is 0 Å². The first kappa shape index (κ1) is 24.6. The highest BCUT2D eigenvalue weighted by molar-refractivity contribution is 14.0. The van der Waals surface area contributed by atoms with Gasteiger partial charge in [0.05, 0.1) is 20.3 Å². The largest absolute Gasteiger partial charge is 0.497 e. The van der Waals surface area contributed by atoms with E-state index in [4.69, 9.17) is 9.47 Å². The topological polar surface area (TPSA) is 67.8 Å². The Hall–Kier alpha value is -1.39. The van der Waals surface area contributed by atoms with Crippen LogP contribution in [0, 0.1) is 0 Å². The van der Waals surface area contributed by atoms with Crippen LogP contribution < -0.4 is 15.4 Å². The Morgan fingerprint density at radius 1 is 1.18 bits per heavy atom. The first-order valence-electron chi connectivity index (χ1n) is 9.41. The van der Waals surface area contributed by atoms with E-state index in [1.165, 1.54) is 4.88 Å². The van der Waals surface area contributed by atoms with Crippen LogP contribution in [-0.2, 0) is 24.3 Å². The highest BCUT2D eigenvalue weighted by Gasteiger charge is 2.02. The minimum absolute atomic E-state index is 0. The lowest BCUT2D eigenvalue weighted by molar-refractivity contribution is 0.119. The lowest BCUT2D eigenvalue weighted by Crippen LogP contribution is -2.38. The van der Waals surface area contributed by atoms with Gasteiger partial charge < -0.3 is 20.1 Å². The Balaban J connectivity index is 0.00000392. The molecule has 1 aromatic carbocycles. The van der Waals surface area contributed by atoms with Gasteiger partial charge in [-0.05, 0) is 37.5 Å². The molecule has 0 saturated carbocycles. The van der Waals surface area contributed by atoms with Crippen molar-refractivity contribution in [2.45, 2.75) is 39.8 Å². The molecule has 28 heavy (non-hydrogen) atoms. The lowest BCUT2D eigenvalue weighted by Gasteiger charge is -2.11. The van der Waals surface area contributed by atoms with Gasteiger partial charge in [-0.1, -0.05) is 19.1 Å². The summed E-state index contributed by atoms with van der Waals surface area (Å²) in [5.74, 6) is 1.68. The first-order valence-corrected chi connectivity index (χ1v) is 10.2. The average Bonchev–Trinajstić information content (AvgIpc) is 3.17. The molecule has 8 heteroatoms. The zero-order chi connectivity index (χ0) is 19.3. The third kappa shape index (κ3) is 9.20. The van der Waals surface area contributed by atoms with E-state index in [1.807, 2.05) is 30.5 Å². The van der Waals surface area contributed by atoms with Gasteiger partial charge in [-0.2, -0.15) is 0 Å². The summed E-state index contributed by atoms with van der Waals surface area (Å²) in [5.41, 5.74) is 1.15. The first-order chi connectivity index (χ1) is 13.2. The van der Waals surface area contributed by atoms with Crippen LogP contribution in [0.2, 0.25) is 0 Å². The van der Waals surface area contributed by atoms with E-state index in [0.717, 1.165) is 48.2 Å². The van der Waals surface area contributed by atoms with Crippen molar-refractivity contribution in [2.75, 3.05) is 26.8 Å². The normalized spacial score (nSPS) is 11.0. The van der Waals surface area contributed by atoms with Crippen LogP contribution in [0.1, 0.15) is 35.7 Å². The Kier molecular flexibility index (Phi) is 12.8. The van der Waals surface area contributed by atoms with Crippen molar-refractivity contribution in [3.05, 3.63) is 45.9 Å². The Morgan fingerprint density at radius 2 is 1.96 bits per heavy atom. The molecule has 156 valence electrons. The number of guanidine groups is 1. The third-order valence-electron chi connectivity index (χ3n) is 3.85. The SMILES string of the molecule is CCNC(=NCc1ncc(CC)s1)NCCCOCc1ccc(OC)cc1.I. The van der Waals surface area contributed by atoms with Crippen molar-refractivity contribution < 1.29 is 9.47 Å². The monoisotopic (exact) mass is 518 g/mol. The van der Waals surface area contributed by atoms with E-state index in [9.17, 15) is 0 Å². The molecule has 2 aromatic rings. The van der Waals surface area contributed by atoms with Crippen LogP contribution in [0.3, 0.4) is 0 Å². The summed E-state index contributed by atoms with van der Waals surface area (Å²) in [6.45, 7) is 7.77. The van der Waals surface area contributed by atoms with E-state index in [0.29, 0.717) is 19.8 Å². The molecular formula is C20H31IN4O2S. The predicted octanol–water partition coefficient (Wildman–Crippen LogP) is 3.99. The van der Waals surface area contributed by atoms with Gasteiger partial charge in [-0.25, -0.2) is 9.98 Å². The van der Waals surface area contributed by atoms with Crippen LogP contribution in [0.4, 0.5) is 0 Å². The zero-order valence-electron chi connectivity index (χ0n) is 16.9. The maximum absolute atomic E-state index is 5.73. The minimum atomic E-state index is 0. The molecule has 0 saturated heterocycles. The smallest absolute Gasteiger partial charge is 0.191 e. The molecule has 1 aromatic heterocycles. The summed E-state index contributed by atoms with van der Waals surface area (Å²) >= 11 is 1.73. The standard InChI is InChI=1S/C20H30N4O2S.HI/c1-4-18-13-23-19(27-18)14-24-20(21-5-2)22-11-6-12-26-15-16-7-9-17(25-3)10-8-16;/h7-10,13H,4-6,11-12,14-15H2,1-3H3,(H2,21,22,24);1H. The summed E-state index contributed by atoms with van der Waals surface area (Å²) in [6, 6.07) is 7.95. The minimum Gasteiger partial charge on any atom is -0.497 e. The van der Waals surface area contributed by atoms with E-state index < -0.39 is 0 Å². The number of hydrogen-bond donors (Lipinski definition) is 2. The van der Waals surface area contributed by atoms with Gasteiger partial charge in [0.2, 0.25) is 0 Å². The number of nitrogens with one attached hydrogen (secondary N) is 2. The number of nitrogens with zero attached hydrogens (tertiary/aromatic N) is 2. The van der Waals surface area contributed by atoms with Crippen LogP contribution in [0.15, 0.2) is 35.5 Å². The van der Waals surface area contributed by atoms with E-state index in [-0.39, 0.29) is 24.0 Å². The Bertz CT molecular complexity index is 692. The molecule has 0 radical (unpaired) electrons. The van der Waals surface area contributed by atoms with Crippen molar-refractivity contribution in [3.63, 3.8) is 0 Å². The summed E-state index contributed by atoms with van der Waals surface area (Å²) < 4.78 is 10.9. The number of aromatic nitrogens is 1. The van der Waals surface area contributed by atoms with Crippen LogP contribution in [0.25, 0.3) is 0 Å². The summed E-state index contributed by atoms with van der Waals surface area (Å²) in [7, 11) is 1.67. The average molecular weight is 518 g/mol. The maximum atomic E-state index is 5.73. The molecule has 0 bridgehead atoms.